The van der Waals surface area contributed by atoms with Gasteiger partial charge in [0.2, 0.25) is 0 Å². The number of anilines is 4. The minimum absolute atomic E-state index is 0.00315. The largest absolute Gasteiger partial charge is 0.527 e. The molecule has 4 heterocycles. The third kappa shape index (κ3) is 21.0. The highest BCUT2D eigenvalue weighted by molar-refractivity contribution is 7.90. The van der Waals surface area contributed by atoms with Crippen molar-refractivity contribution in [2.24, 2.45) is 0 Å². The molecule has 4 aromatic heterocycles. The summed E-state index contributed by atoms with van der Waals surface area (Å²) in [4.78, 5) is 43.6. The van der Waals surface area contributed by atoms with E-state index in [0.29, 0.717) is 95.1 Å². The molecule has 29 heteroatoms. The Morgan fingerprint density at radius 3 is 1.47 bits per heavy atom. The van der Waals surface area contributed by atoms with E-state index in [0.717, 1.165) is 46.3 Å². The maximum atomic E-state index is 13.5. The van der Waals surface area contributed by atoms with Crippen molar-refractivity contribution in [3.05, 3.63) is 203 Å². The predicted molar refractivity (Wildman–Crippen MR) is 339 cm³/mol. The monoisotopic (exact) mass is 1340 g/mol. The molecule has 6 aromatic carbocycles. The van der Waals surface area contributed by atoms with Crippen LogP contribution in [0.3, 0.4) is 0 Å². The number of hydrogen-bond acceptors (Lipinski definition) is 22. The van der Waals surface area contributed by atoms with Gasteiger partial charge in [-0.15, -0.1) is 5.06 Å². The molecule has 0 saturated carbocycles. The lowest BCUT2D eigenvalue weighted by molar-refractivity contribution is -0.129. The molecular formula is C62H57Cl3F2N8O14S2. The van der Waals surface area contributed by atoms with Gasteiger partial charge in [0, 0.05) is 70.5 Å². The average Bonchev–Trinajstić information content (AvgIpc) is 1.84. The summed E-state index contributed by atoms with van der Waals surface area (Å²) in [6, 6.07) is 40.9. The van der Waals surface area contributed by atoms with Crippen molar-refractivity contribution >= 4 is 111 Å². The zero-order valence-corrected chi connectivity index (χ0v) is 52.7. The molecule has 22 nitrogen and oxygen atoms in total. The first kappa shape index (κ1) is 67.9. The van der Waals surface area contributed by atoms with E-state index in [9.17, 15) is 40.4 Å². The zero-order valence-electron chi connectivity index (χ0n) is 48.8. The Bertz CT molecular complexity index is 4420. The molecule has 0 amide bonds. The maximum absolute atomic E-state index is 13.5. The summed E-state index contributed by atoms with van der Waals surface area (Å²) in [6.45, 7) is 0.278. The van der Waals surface area contributed by atoms with Gasteiger partial charge in [-0.3, -0.25) is 0 Å². The lowest BCUT2D eigenvalue weighted by atomic mass is 10.1. The molecule has 0 aliphatic carbocycles. The van der Waals surface area contributed by atoms with Crippen LogP contribution in [0.4, 0.5) is 41.4 Å². The topological polar surface area (TPSA) is 277 Å². The number of methoxy groups -OCH3 is 2. The molecule has 0 aliphatic rings. The van der Waals surface area contributed by atoms with Crippen molar-refractivity contribution in [1.29, 1.82) is 0 Å². The number of benzene rings is 6. The van der Waals surface area contributed by atoms with Crippen LogP contribution in [0, 0.1) is 11.6 Å². The molecule has 10 aromatic rings. The highest BCUT2D eigenvalue weighted by atomic mass is 35.5. The summed E-state index contributed by atoms with van der Waals surface area (Å²) >= 11 is 17.5. The van der Waals surface area contributed by atoms with Gasteiger partial charge in [-0.05, 0) is 132 Å². The summed E-state index contributed by atoms with van der Waals surface area (Å²) in [6.07, 6.45) is 4.14. The first-order valence-corrected chi connectivity index (χ1v) is 32.3. The van der Waals surface area contributed by atoms with Crippen LogP contribution in [0.5, 0.6) is 11.5 Å². The number of halogens is 5. The summed E-state index contributed by atoms with van der Waals surface area (Å²) < 4.78 is 105. The fourth-order valence-electron chi connectivity index (χ4n) is 8.37. The fourth-order valence-corrected chi connectivity index (χ4v) is 9.91. The fraction of sp³-hybridized carbons (Fsp3) is 0.194. The number of furan rings is 2. The number of sulfone groups is 2. The number of nitrogens with one attached hydrogen (secondary N) is 2. The van der Waals surface area contributed by atoms with Gasteiger partial charge in [0.1, 0.15) is 103 Å². The molecule has 0 aliphatic heterocycles. The number of nitrogens with zero attached hydrogens (tertiary/aromatic N) is 6. The van der Waals surface area contributed by atoms with Crippen molar-refractivity contribution in [2.45, 2.75) is 26.3 Å². The van der Waals surface area contributed by atoms with Crippen molar-refractivity contribution in [3.8, 4) is 34.1 Å². The zero-order chi connectivity index (χ0) is 65.2. The predicted octanol–water partition coefficient (Wildman–Crippen LogP) is 13.8. The van der Waals surface area contributed by atoms with E-state index in [1.54, 1.807) is 84.9 Å². The molecule has 0 saturated heterocycles. The van der Waals surface area contributed by atoms with Crippen LogP contribution in [-0.4, -0.2) is 115 Å². The van der Waals surface area contributed by atoms with Gasteiger partial charge < -0.3 is 48.5 Å². The number of hydrogen-bond donors (Lipinski definition) is 3. The van der Waals surface area contributed by atoms with Gasteiger partial charge >= 0.3 is 11.6 Å². The summed E-state index contributed by atoms with van der Waals surface area (Å²) in [5, 5.41) is 20.8. The minimum Gasteiger partial charge on any atom is -0.487 e. The van der Waals surface area contributed by atoms with Crippen LogP contribution in [0.2, 0.25) is 10.0 Å². The van der Waals surface area contributed by atoms with Crippen LogP contribution < -0.4 is 20.1 Å². The van der Waals surface area contributed by atoms with Crippen LogP contribution in [-0.2, 0) is 60.3 Å². The number of hydroxylamine groups is 4. The summed E-state index contributed by atoms with van der Waals surface area (Å²) in [5.74, 6) is 2.92. The molecule has 0 unspecified atom stereocenters. The van der Waals surface area contributed by atoms with Crippen molar-refractivity contribution in [3.63, 3.8) is 0 Å². The highest BCUT2D eigenvalue weighted by Crippen LogP contribution is 2.35. The molecule has 0 bridgehead atoms. The number of ether oxygens (including phenoxy) is 4. The van der Waals surface area contributed by atoms with Crippen molar-refractivity contribution < 1.29 is 73.0 Å². The Kier molecular flexibility index (Phi) is 23.6. The Morgan fingerprint density at radius 2 is 1.04 bits per heavy atom. The Labute approximate surface area is 535 Å². The van der Waals surface area contributed by atoms with E-state index in [1.165, 1.54) is 44.0 Å². The Hall–Kier alpha value is -8.99. The lowest BCUT2D eigenvalue weighted by Crippen LogP contribution is -2.31. The normalized spacial score (nSPS) is 11.3. The van der Waals surface area contributed by atoms with E-state index in [4.69, 9.17) is 46.3 Å². The molecule has 10 rings (SSSR count). The number of aromatic nitrogens is 4. The number of fused-ring (bicyclic) bond motifs is 2. The van der Waals surface area contributed by atoms with E-state index in [-0.39, 0.29) is 62.5 Å². The molecule has 0 spiro atoms. The first-order chi connectivity index (χ1) is 43.5. The maximum Gasteiger partial charge on any atom is 0.527 e. The summed E-state index contributed by atoms with van der Waals surface area (Å²) in [5.41, 5.74) is 4.81. The van der Waals surface area contributed by atoms with Gasteiger partial charge in [-0.2, -0.15) is 5.06 Å². The van der Waals surface area contributed by atoms with Crippen LogP contribution in [0.25, 0.3) is 44.5 Å². The second kappa shape index (κ2) is 31.6. The average molecular weight is 1350 g/mol. The van der Waals surface area contributed by atoms with E-state index < -0.39 is 31.3 Å². The SMILES string of the molecule is COC(=O)Cl.COC(=O)ON(CCS(C)(=O)=O)Cc1ccc(-c2ccc3ncnc(Nc4ccc(OCc5cccc(F)c5)c(Cl)c4)c3c2)o1.CS(=O)(=O)CCN(O)Cc1ccc(-c2ccc3ncnc(Nc4ccc(OCc5cccc(F)c5)c(Cl)c4)c3c2)o1. The molecule has 0 fully saturated rings. The van der Waals surface area contributed by atoms with Gasteiger partial charge in [0.25, 0.3) is 0 Å². The van der Waals surface area contributed by atoms with Gasteiger partial charge in [-0.1, -0.05) is 47.5 Å². The quantitative estimate of drug-likeness (QED) is 0.0305. The van der Waals surface area contributed by atoms with Crippen LogP contribution in [0.1, 0.15) is 22.6 Å². The Morgan fingerprint density at radius 1 is 0.582 bits per heavy atom. The highest BCUT2D eigenvalue weighted by Gasteiger charge is 2.20. The summed E-state index contributed by atoms with van der Waals surface area (Å²) in [7, 11) is -4.12. The molecule has 3 N–H and O–H groups in total. The standard InChI is InChI=1S/C31H28ClFN4O7S.C29H26ClFN4O5S.C2H3ClO2/c1-41-31(38)44-37(12-13-45(2,39)40)17-24-8-11-28(43-24)21-6-9-27-25(15-21)30(35-19-34-27)36-23-7-10-29(26(32)16-23)42-18-20-4-3-5-22(33)14-20;1-41(37,38)12-11-35(36)16-23-7-10-27(40-23)20-5-8-26-24(14-20)29(33-18-32-26)34-22-6-9-28(25(30)15-22)39-17-19-3-2-4-21(31)13-19;1-5-2(3)4/h3-11,14-16,19H,12-13,17-18H2,1-2H3,(H,34,35,36);2-10,13-15,18,36H,11-12,16-17H2,1H3,(H,32,33,34);1H3. The second-order valence-corrected chi connectivity index (χ2v) is 25.5. The molecular weight excluding hydrogens is 1290 g/mol. The number of rotatable bonds is 23. The Balaban J connectivity index is 0.000000219. The van der Waals surface area contributed by atoms with Crippen LogP contribution >= 0.6 is 34.8 Å². The van der Waals surface area contributed by atoms with Crippen molar-refractivity contribution in [2.75, 3.05) is 62.0 Å². The molecule has 476 valence electrons. The second-order valence-electron chi connectivity index (χ2n) is 19.8. The van der Waals surface area contributed by atoms with Gasteiger partial charge in [0.05, 0.1) is 59.9 Å². The third-order valence-corrected chi connectivity index (χ3v) is 15.3. The molecule has 0 radical (unpaired) electrons. The van der Waals surface area contributed by atoms with Crippen LogP contribution in [0.15, 0.2) is 167 Å². The first-order valence-electron chi connectivity index (χ1n) is 27.0. The number of carbonyl (C=O) groups is 2. The number of carbonyl (C=O) groups excluding carboxylic acids is 2. The van der Waals surface area contributed by atoms with Gasteiger partial charge in [-0.25, -0.2) is 55.1 Å². The third-order valence-electron chi connectivity index (χ3n) is 12.8. The molecule has 91 heavy (non-hydrogen) atoms. The smallest absolute Gasteiger partial charge is 0.487 e. The lowest BCUT2D eigenvalue weighted by Gasteiger charge is -2.18. The van der Waals surface area contributed by atoms with E-state index in [2.05, 4.69) is 51.6 Å². The van der Waals surface area contributed by atoms with Crippen molar-refractivity contribution in [1.82, 2.24) is 30.1 Å². The van der Waals surface area contributed by atoms with E-state index >= 15 is 0 Å². The van der Waals surface area contributed by atoms with E-state index in [1.807, 2.05) is 36.4 Å². The van der Waals surface area contributed by atoms with Gasteiger partial charge in [0.15, 0.2) is 0 Å². The molecule has 0 atom stereocenters. The minimum atomic E-state index is -3.31.